The van der Waals surface area contributed by atoms with E-state index in [1.165, 1.54) is 11.3 Å². The molecule has 1 amide bonds. The highest BCUT2D eigenvalue weighted by atomic mass is 79.9. The summed E-state index contributed by atoms with van der Waals surface area (Å²) in [6.07, 6.45) is 0.304. The van der Waals surface area contributed by atoms with E-state index in [0.717, 1.165) is 32.6 Å². The Labute approximate surface area is 159 Å². The lowest BCUT2D eigenvalue weighted by atomic mass is 10.1. The van der Waals surface area contributed by atoms with Crippen LogP contribution in [-0.2, 0) is 11.2 Å². The molecule has 3 aromatic rings. The molecule has 0 aliphatic carbocycles. The lowest BCUT2D eigenvalue weighted by Gasteiger charge is -2.07. The number of rotatable bonds is 5. The number of hydrogen-bond donors (Lipinski definition) is 1. The molecule has 0 fully saturated rings. The van der Waals surface area contributed by atoms with Gasteiger partial charge in [-0.3, -0.25) is 4.79 Å². The van der Waals surface area contributed by atoms with Crippen molar-refractivity contribution in [1.29, 1.82) is 0 Å². The highest BCUT2D eigenvalue weighted by Gasteiger charge is 2.10. The maximum Gasteiger partial charge on any atom is 0.230 e. The number of aromatic nitrogens is 1. The minimum atomic E-state index is -0.0822. The van der Waals surface area contributed by atoms with Crippen LogP contribution in [0.5, 0.6) is 5.75 Å². The van der Waals surface area contributed by atoms with E-state index >= 15 is 0 Å². The summed E-state index contributed by atoms with van der Waals surface area (Å²) in [5.41, 5.74) is 3.83. The van der Waals surface area contributed by atoms with E-state index in [4.69, 9.17) is 4.74 Å². The summed E-state index contributed by atoms with van der Waals surface area (Å²) in [7, 11) is 1.64. The fourth-order valence-corrected chi connectivity index (χ4v) is 3.48. The van der Waals surface area contributed by atoms with Gasteiger partial charge in [0, 0.05) is 15.4 Å². The van der Waals surface area contributed by atoms with Crippen LogP contribution >= 0.6 is 27.3 Å². The van der Waals surface area contributed by atoms with Crippen molar-refractivity contribution in [3.05, 3.63) is 63.4 Å². The van der Waals surface area contributed by atoms with Gasteiger partial charge in [0.25, 0.3) is 0 Å². The van der Waals surface area contributed by atoms with E-state index in [1.807, 2.05) is 54.8 Å². The van der Waals surface area contributed by atoms with Gasteiger partial charge >= 0.3 is 0 Å². The fourth-order valence-electron chi connectivity index (χ4n) is 2.48. The summed E-state index contributed by atoms with van der Waals surface area (Å²) in [5.74, 6) is 0.740. The Morgan fingerprint density at radius 3 is 2.68 bits per heavy atom. The maximum absolute atomic E-state index is 12.3. The summed E-state index contributed by atoms with van der Waals surface area (Å²) in [5, 5.41) is 5.41. The normalized spacial score (nSPS) is 10.5. The molecule has 0 radical (unpaired) electrons. The van der Waals surface area contributed by atoms with Crippen molar-refractivity contribution in [2.45, 2.75) is 13.3 Å². The standard InChI is InChI=1S/C19H17BrN2O2S/c1-12-9-13(3-8-17(12)24-2)10-18(23)22-19-21-16(11-25-19)14-4-6-15(20)7-5-14/h3-9,11H,10H2,1-2H3,(H,21,22,23). The zero-order chi connectivity index (χ0) is 17.8. The average molecular weight is 417 g/mol. The monoisotopic (exact) mass is 416 g/mol. The van der Waals surface area contributed by atoms with Crippen LogP contribution in [0.25, 0.3) is 11.3 Å². The number of thiazole rings is 1. The van der Waals surface area contributed by atoms with Gasteiger partial charge in [-0.05, 0) is 36.2 Å². The van der Waals surface area contributed by atoms with Gasteiger partial charge in [-0.1, -0.05) is 40.2 Å². The first kappa shape index (κ1) is 17.6. The number of anilines is 1. The predicted molar refractivity (Wildman–Crippen MR) is 105 cm³/mol. The topological polar surface area (TPSA) is 51.2 Å². The molecular weight excluding hydrogens is 400 g/mol. The molecule has 6 heteroatoms. The zero-order valence-corrected chi connectivity index (χ0v) is 16.3. The number of hydrogen-bond acceptors (Lipinski definition) is 4. The molecule has 25 heavy (non-hydrogen) atoms. The molecule has 1 aromatic heterocycles. The number of carbonyl (C=O) groups is 1. The third-order valence-electron chi connectivity index (χ3n) is 3.71. The van der Waals surface area contributed by atoms with Gasteiger partial charge < -0.3 is 10.1 Å². The van der Waals surface area contributed by atoms with Crippen LogP contribution in [-0.4, -0.2) is 18.0 Å². The van der Waals surface area contributed by atoms with Gasteiger partial charge in [0.1, 0.15) is 5.75 Å². The third-order valence-corrected chi connectivity index (χ3v) is 5.00. The van der Waals surface area contributed by atoms with Crippen LogP contribution < -0.4 is 10.1 Å². The second kappa shape index (κ2) is 7.80. The number of aryl methyl sites for hydroxylation is 1. The Kier molecular flexibility index (Phi) is 5.50. The van der Waals surface area contributed by atoms with E-state index in [-0.39, 0.29) is 5.91 Å². The van der Waals surface area contributed by atoms with E-state index < -0.39 is 0 Å². The number of benzene rings is 2. The van der Waals surface area contributed by atoms with Gasteiger partial charge in [0.05, 0.1) is 19.2 Å². The molecule has 2 aromatic carbocycles. The smallest absolute Gasteiger partial charge is 0.230 e. The zero-order valence-electron chi connectivity index (χ0n) is 13.9. The van der Waals surface area contributed by atoms with Crippen molar-refractivity contribution in [3.8, 4) is 17.0 Å². The minimum absolute atomic E-state index is 0.0822. The third kappa shape index (κ3) is 4.46. The van der Waals surface area contributed by atoms with E-state index in [1.54, 1.807) is 7.11 Å². The van der Waals surface area contributed by atoms with Crippen molar-refractivity contribution in [3.63, 3.8) is 0 Å². The molecule has 3 rings (SSSR count). The first-order valence-corrected chi connectivity index (χ1v) is 9.37. The van der Waals surface area contributed by atoms with Crippen LogP contribution in [0, 0.1) is 6.92 Å². The van der Waals surface area contributed by atoms with E-state index in [0.29, 0.717) is 11.6 Å². The number of methoxy groups -OCH3 is 1. The van der Waals surface area contributed by atoms with Crippen molar-refractivity contribution in [2.24, 2.45) is 0 Å². The summed E-state index contributed by atoms with van der Waals surface area (Å²) >= 11 is 4.84. The van der Waals surface area contributed by atoms with Crippen LogP contribution in [0.2, 0.25) is 0 Å². The molecule has 0 spiro atoms. The molecular formula is C19H17BrN2O2S. The number of ether oxygens (including phenoxy) is 1. The van der Waals surface area contributed by atoms with Crippen molar-refractivity contribution in [2.75, 3.05) is 12.4 Å². The van der Waals surface area contributed by atoms with Gasteiger partial charge in [-0.25, -0.2) is 4.98 Å². The number of halogens is 1. The van der Waals surface area contributed by atoms with Gasteiger partial charge in [-0.2, -0.15) is 0 Å². The number of carbonyl (C=O) groups excluding carboxylic acids is 1. The van der Waals surface area contributed by atoms with Crippen molar-refractivity contribution >= 4 is 38.3 Å². The largest absolute Gasteiger partial charge is 0.496 e. The Morgan fingerprint density at radius 1 is 1.24 bits per heavy atom. The second-order valence-electron chi connectivity index (χ2n) is 5.57. The highest BCUT2D eigenvalue weighted by Crippen LogP contribution is 2.26. The molecule has 128 valence electrons. The van der Waals surface area contributed by atoms with Crippen LogP contribution in [0.4, 0.5) is 5.13 Å². The quantitative estimate of drug-likeness (QED) is 0.631. The average Bonchev–Trinajstić information content (AvgIpc) is 3.04. The number of nitrogens with zero attached hydrogens (tertiary/aromatic N) is 1. The fraction of sp³-hybridized carbons (Fsp3) is 0.158. The SMILES string of the molecule is COc1ccc(CC(=O)Nc2nc(-c3ccc(Br)cc3)cs2)cc1C. The molecule has 0 unspecified atom stereocenters. The Morgan fingerprint density at radius 2 is 2.00 bits per heavy atom. The summed E-state index contributed by atoms with van der Waals surface area (Å²) in [6, 6.07) is 13.7. The van der Waals surface area contributed by atoms with Crippen molar-refractivity contribution in [1.82, 2.24) is 4.98 Å². The molecule has 0 atom stereocenters. The van der Waals surface area contributed by atoms with Gasteiger partial charge in [-0.15, -0.1) is 11.3 Å². The van der Waals surface area contributed by atoms with E-state index in [2.05, 4.69) is 26.2 Å². The molecule has 0 saturated heterocycles. The van der Waals surface area contributed by atoms with Gasteiger partial charge in [0.15, 0.2) is 5.13 Å². The highest BCUT2D eigenvalue weighted by molar-refractivity contribution is 9.10. The lowest BCUT2D eigenvalue weighted by molar-refractivity contribution is -0.115. The Bertz CT molecular complexity index is 891. The molecule has 4 nitrogen and oxygen atoms in total. The second-order valence-corrected chi connectivity index (χ2v) is 7.35. The van der Waals surface area contributed by atoms with E-state index in [9.17, 15) is 4.79 Å². The molecule has 0 saturated carbocycles. The first-order chi connectivity index (χ1) is 12.0. The summed E-state index contributed by atoms with van der Waals surface area (Å²) in [4.78, 5) is 16.7. The van der Waals surface area contributed by atoms with Crippen LogP contribution in [0.1, 0.15) is 11.1 Å². The molecule has 1 N–H and O–H groups in total. The van der Waals surface area contributed by atoms with Crippen LogP contribution in [0.3, 0.4) is 0 Å². The number of amides is 1. The van der Waals surface area contributed by atoms with Crippen molar-refractivity contribution < 1.29 is 9.53 Å². The Balaban J connectivity index is 1.65. The molecule has 0 aliphatic heterocycles. The molecule has 0 bridgehead atoms. The first-order valence-electron chi connectivity index (χ1n) is 7.70. The lowest BCUT2D eigenvalue weighted by Crippen LogP contribution is -2.14. The summed E-state index contributed by atoms with van der Waals surface area (Å²) < 4.78 is 6.26. The maximum atomic E-state index is 12.3. The molecule has 1 heterocycles. The van der Waals surface area contributed by atoms with Crippen LogP contribution in [0.15, 0.2) is 52.3 Å². The summed E-state index contributed by atoms with van der Waals surface area (Å²) in [6.45, 7) is 1.96. The minimum Gasteiger partial charge on any atom is -0.496 e. The van der Waals surface area contributed by atoms with Gasteiger partial charge in [0.2, 0.25) is 5.91 Å². The predicted octanol–water partition coefficient (Wildman–Crippen LogP) is 5.07. The molecule has 0 aliphatic rings. The number of nitrogens with one attached hydrogen (secondary N) is 1. The Hall–Kier alpha value is -2.18.